The fourth-order valence-electron chi connectivity index (χ4n) is 2.46. The van der Waals surface area contributed by atoms with Crippen molar-refractivity contribution < 1.29 is 23.8 Å². The van der Waals surface area contributed by atoms with E-state index in [1.165, 1.54) is 7.11 Å². The van der Waals surface area contributed by atoms with Gasteiger partial charge in [-0.3, -0.25) is 9.69 Å². The second kappa shape index (κ2) is 7.01. The van der Waals surface area contributed by atoms with Crippen LogP contribution in [-0.4, -0.2) is 86.9 Å². The van der Waals surface area contributed by atoms with E-state index in [9.17, 15) is 9.59 Å². The molecule has 0 aromatic rings. The van der Waals surface area contributed by atoms with Gasteiger partial charge in [0.1, 0.15) is 0 Å². The number of ether oxygens (including phenoxy) is 3. The van der Waals surface area contributed by atoms with Crippen LogP contribution in [0.15, 0.2) is 0 Å². The first-order valence-corrected chi connectivity index (χ1v) is 6.91. The monoisotopic (exact) mass is 286 g/mol. The van der Waals surface area contributed by atoms with Crippen molar-refractivity contribution >= 4 is 11.9 Å². The van der Waals surface area contributed by atoms with Gasteiger partial charge in [0.05, 0.1) is 33.0 Å². The van der Waals surface area contributed by atoms with Gasteiger partial charge in [-0.15, -0.1) is 0 Å². The zero-order valence-electron chi connectivity index (χ0n) is 12.0. The quantitative estimate of drug-likeness (QED) is 0.627. The van der Waals surface area contributed by atoms with E-state index in [0.717, 1.165) is 0 Å². The van der Waals surface area contributed by atoms with Crippen molar-refractivity contribution in [3.8, 4) is 0 Å². The fourth-order valence-corrected chi connectivity index (χ4v) is 2.46. The van der Waals surface area contributed by atoms with Crippen LogP contribution in [0.5, 0.6) is 0 Å². The largest absolute Gasteiger partial charge is 0.467 e. The van der Waals surface area contributed by atoms with Crippen molar-refractivity contribution in [3.63, 3.8) is 0 Å². The molecule has 2 rings (SSSR count). The van der Waals surface area contributed by atoms with Crippen molar-refractivity contribution in [1.82, 2.24) is 9.80 Å². The zero-order chi connectivity index (χ0) is 14.5. The van der Waals surface area contributed by atoms with Gasteiger partial charge >= 0.3 is 5.97 Å². The van der Waals surface area contributed by atoms with Gasteiger partial charge in [0.2, 0.25) is 5.91 Å². The summed E-state index contributed by atoms with van der Waals surface area (Å²) in [5.74, 6) is -0.312. The van der Waals surface area contributed by atoms with Crippen LogP contribution >= 0.6 is 0 Å². The Bertz CT molecular complexity index is 363. The maximum absolute atomic E-state index is 12.2. The summed E-state index contributed by atoms with van der Waals surface area (Å²) in [7, 11) is 1.34. The summed E-state index contributed by atoms with van der Waals surface area (Å²) >= 11 is 0. The van der Waals surface area contributed by atoms with Gasteiger partial charge in [0, 0.05) is 26.2 Å². The third-order valence-corrected chi connectivity index (χ3v) is 3.57. The van der Waals surface area contributed by atoms with Crippen LogP contribution in [0, 0.1) is 0 Å². The first-order chi connectivity index (χ1) is 9.60. The average molecular weight is 286 g/mol. The molecule has 7 nitrogen and oxygen atoms in total. The Kier molecular flexibility index (Phi) is 5.33. The highest BCUT2D eigenvalue weighted by Gasteiger charge is 2.30. The number of hydrogen-bond acceptors (Lipinski definition) is 6. The van der Waals surface area contributed by atoms with E-state index in [0.29, 0.717) is 45.9 Å². The lowest BCUT2D eigenvalue weighted by molar-refractivity contribution is -0.161. The molecule has 2 heterocycles. The molecule has 114 valence electrons. The predicted octanol–water partition coefficient (Wildman–Crippen LogP) is -0.892. The standard InChI is InChI=1S/C13H22N2O5/c1-10-7-15(4-6-19-10)12(16)9-14-3-5-20-11(8-14)13(17)18-2/h10-11H,3-9H2,1-2H3. The maximum Gasteiger partial charge on any atom is 0.336 e. The lowest BCUT2D eigenvalue weighted by Gasteiger charge is -2.35. The van der Waals surface area contributed by atoms with Crippen LogP contribution in [0.1, 0.15) is 6.92 Å². The second-order valence-corrected chi connectivity index (χ2v) is 5.14. The molecular weight excluding hydrogens is 264 g/mol. The smallest absolute Gasteiger partial charge is 0.336 e. The summed E-state index contributed by atoms with van der Waals surface area (Å²) in [5.41, 5.74) is 0. The van der Waals surface area contributed by atoms with E-state index in [4.69, 9.17) is 9.47 Å². The van der Waals surface area contributed by atoms with Gasteiger partial charge in [-0.05, 0) is 6.92 Å². The molecule has 2 saturated heterocycles. The third kappa shape index (κ3) is 3.91. The molecule has 0 aromatic heterocycles. The van der Waals surface area contributed by atoms with Gasteiger partial charge < -0.3 is 19.1 Å². The number of methoxy groups -OCH3 is 1. The number of esters is 1. The topological polar surface area (TPSA) is 68.3 Å². The lowest BCUT2D eigenvalue weighted by Crippen LogP contribution is -2.52. The second-order valence-electron chi connectivity index (χ2n) is 5.14. The van der Waals surface area contributed by atoms with Crippen molar-refractivity contribution in [1.29, 1.82) is 0 Å². The number of rotatable bonds is 3. The Morgan fingerprint density at radius 1 is 1.20 bits per heavy atom. The van der Waals surface area contributed by atoms with E-state index in [1.807, 2.05) is 16.7 Å². The van der Waals surface area contributed by atoms with Crippen molar-refractivity contribution in [3.05, 3.63) is 0 Å². The molecule has 0 spiro atoms. The van der Waals surface area contributed by atoms with Crippen LogP contribution < -0.4 is 0 Å². The summed E-state index contributed by atoms with van der Waals surface area (Å²) in [5, 5.41) is 0. The molecule has 1 amide bonds. The van der Waals surface area contributed by atoms with E-state index >= 15 is 0 Å². The Hall–Kier alpha value is -1.18. The van der Waals surface area contributed by atoms with Gasteiger partial charge in [0.25, 0.3) is 0 Å². The highest BCUT2D eigenvalue weighted by molar-refractivity contribution is 5.79. The molecule has 0 bridgehead atoms. The molecule has 2 unspecified atom stereocenters. The maximum atomic E-state index is 12.2. The third-order valence-electron chi connectivity index (χ3n) is 3.57. The molecule has 0 aromatic carbocycles. The lowest BCUT2D eigenvalue weighted by atomic mass is 10.2. The molecule has 2 aliphatic heterocycles. The molecule has 0 radical (unpaired) electrons. The molecule has 7 heteroatoms. The first-order valence-electron chi connectivity index (χ1n) is 6.91. The van der Waals surface area contributed by atoms with Crippen LogP contribution in [0.25, 0.3) is 0 Å². The van der Waals surface area contributed by atoms with Crippen LogP contribution in [-0.2, 0) is 23.8 Å². The Morgan fingerprint density at radius 2 is 1.95 bits per heavy atom. The number of carbonyl (C=O) groups is 2. The van der Waals surface area contributed by atoms with Crippen LogP contribution in [0.3, 0.4) is 0 Å². The number of hydrogen-bond donors (Lipinski definition) is 0. The van der Waals surface area contributed by atoms with Crippen molar-refractivity contribution in [2.45, 2.75) is 19.1 Å². The summed E-state index contributed by atoms with van der Waals surface area (Å²) in [6.07, 6.45) is -0.509. The Balaban J connectivity index is 1.82. The van der Waals surface area contributed by atoms with Gasteiger partial charge in [-0.25, -0.2) is 4.79 Å². The molecular formula is C13H22N2O5. The summed E-state index contributed by atoms with van der Waals surface area (Å²) in [6, 6.07) is 0. The minimum Gasteiger partial charge on any atom is -0.467 e. The predicted molar refractivity (Wildman–Crippen MR) is 70.2 cm³/mol. The molecule has 20 heavy (non-hydrogen) atoms. The molecule has 2 atom stereocenters. The molecule has 0 aliphatic carbocycles. The molecule has 2 aliphatic rings. The highest BCUT2D eigenvalue weighted by atomic mass is 16.6. The van der Waals surface area contributed by atoms with Gasteiger partial charge in [-0.2, -0.15) is 0 Å². The minimum atomic E-state index is -0.592. The zero-order valence-corrected chi connectivity index (χ0v) is 12.0. The van der Waals surface area contributed by atoms with Gasteiger partial charge in [0.15, 0.2) is 6.10 Å². The normalized spacial score (nSPS) is 28.2. The van der Waals surface area contributed by atoms with Crippen LogP contribution in [0.2, 0.25) is 0 Å². The average Bonchev–Trinajstić information content (AvgIpc) is 2.46. The van der Waals surface area contributed by atoms with Crippen LogP contribution in [0.4, 0.5) is 0 Å². The first kappa shape index (κ1) is 15.2. The molecule has 2 fully saturated rings. The summed E-state index contributed by atoms with van der Waals surface area (Å²) < 4.78 is 15.4. The number of nitrogens with zero attached hydrogens (tertiary/aromatic N) is 2. The fraction of sp³-hybridized carbons (Fsp3) is 0.846. The molecule has 0 saturated carbocycles. The Labute approximate surface area is 118 Å². The number of morpholine rings is 2. The van der Waals surface area contributed by atoms with Gasteiger partial charge in [-0.1, -0.05) is 0 Å². The SMILES string of the molecule is COC(=O)C1CN(CC(=O)N2CCOC(C)C2)CCO1. The van der Waals surface area contributed by atoms with E-state index < -0.39 is 6.10 Å². The summed E-state index contributed by atoms with van der Waals surface area (Å²) in [4.78, 5) is 27.4. The minimum absolute atomic E-state index is 0.0747. The summed E-state index contributed by atoms with van der Waals surface area (Å²) in [6.45, 7) is 5.60. The highest BCUT2D eigenvalue weighted by Crippen LogP contribution is 2.09. The Morgan fingerprint density at radius 3 is 2.65 bits per heavy atom. The van der Waals surface area contributed by atoms with E-state index in [2.05, 4.69) is 4.74 Å². The van der Waals surface area contributed by atoms with E-state index in [1.54, 1.807) is 0 Å². The number of amides is 1. The number of carbonyl (C=O) groups excluding carboxylic acids is 2. The molecule has 0 N–H and O–H groups in total. The van der Waals surface area contributed by atoms with E-state index in [-0.39, 0.29) is 18.0 Å². The van der Waals surface area contributed by atoms with Crippen molar-refractivity contribution in [2.24, 2.45) is 0 Å². The van der Waals surface area contributed by atoms with Crippen molar-refractivity contribution in [2.75, 3.05) is 53.0 Å².